The van der Waals surface area contributed by atoms with E-state index in [1.807, 2.05) is 30.3 Å². The van der Waals surface area contributed by atoms with Crippen LogP contribution in [0.15, 0.2) is 79.3 Å². The molecule has 188 valence electrons. The molecule has 0 aliphatic carbocycles. The van der Waals surface area contributed by atoms with Crippen LogP contribution in [0, 0.1) is 0 Å². The van der Waals surface area contributed by atoms with Gasteiger partial charge in [-0.15, -0.1) is 5.10 Å². The monoisotopic (exact) mass is 517 g/mol. The Bertz CT molecular complexity index is 1360. The number of methoxy groups -OCH3 is 1. The molecule has 0 radical (unpaired) electrons. The number of nitrogens with one attached hydrogen (secondary N) is 2. The number of tetrazole rings is 1. The van der Waals surface area contributed by atoms with E-state index in [9.17, 15) is 9.59 Å². The molecule has 0 bridgehead atoms. The van der Waals surface area contributed by atoms with Crippen molar-refractivity contribution in [1.82, 2.24) is 30.5 Å². The van der Waals surface area contributed by atoms with E-state index in [-0.39, 0.29) is 11.9 Å². The van der Waals surface area contributed by atoms with E-state index in [1.165, 1.54) is 30.4 Å². The van der Waals surface area contributed by atoms with Gasteiger partial charge in [-0.2, -0.15) is 4.68 Å². The Balaban J connectivity index is 1.46. The van der Waals surface area contributed by atoms with E-state index in [1.54, 1.807) is 36.4 Å². The Morgan fingerprint density at radius 1 is 1.14 bits per heavy atom. The number of carbonyl (C=O) groups excluding carboxylic acids is 2. The highest BCUT2D eigenvalue weighted by atomic mass is 35.5. The molecule has 0 aliphatic heterocycles. The second kappa shape index (κ2) is 12.4. The number of amides is 1. The molecule has 0 spiro atoms. The molecule has 10 nitrogen and oxygen atoms in total. The normalized spacial score (nSPS) is 11.7. The lowest BCUT2D eigenvalue weighted by Crippen LogP contribution is -2.40. The number of rotatable bonds is 10. The molecule has 4 aromatic rings. The minimum Gasteiger partial charge on any atom is -0.465 e. The predicted molar refractivity (Wildman–Crippen MR) is 139 cm³/mol. The topological polar surface area (TPSA) is 124 Å². The summed E-state index contributed by atoms with van der Waals surface area (Å²) in [5.74, 6) is -0.164. The zero-order valence-corrected chi connectivity index (χ0v) is 20.7. The SMILES string of the molecule is COC(=O)c1ccc(NCC(Cc2ccccc2)NC(=O)C=Cc2cc(Cl)ccc2-n2cnnn2)nc1. The maximum atomic E-state index is 12.9. The summed E-state index contributed by atoms with van der Waals surface area (Å²) in [6, 6.07) is 18.1. The summed E-state index contributed by atoms with van der Waals surface area (Å²) in [7, 11) is 1.32. The molecule has 0 aliphatic rings. The summed E-state index contributed by atoms with van der Waals surface area (Å²) < 4.78 is 6.20. The molecule has 2 aromatic carbocycles. The molecule has 11 heteroatoms. The number of halogens is 1. The van der Waals surface area contributed by atoms with Crippen LogP contribution in [0.1, 0.15) is 21.5 Å². The zero-order valence-electron chi connectivity index (χ0n) is 19.9. The first kappa shape index (κ1) is 25.5. The molecule has 2 N–H and O–H groups in total. The summed E-state index contributed by atoms with van der Waals surface area (Å²) in [5.41, 5.74) is 2.79. The first-order chi connectivity index (χ1) is 18.0. The van der Waals surface area contributed by atoms with Crippen molar-refractivity contribution in [2.75, 3.05) is 19.0 Å². The fourth-order valence-electron chi connectivity index (χ4n) is 3.59. The van der Waals surface area contributed by atoms with Crippen molar-refractivity contribution in [2.24, 2.45) is 0 Å². The lowest BCUT2D eigenvalue weighted by Gasteiger charge is -2.19. The average Bonchev–Trinajstić information content (AvgIpc) is 3.46. The van der Waals surface area contributed by atoms with Gasteiger partial charge in [0.1, 0.15) is 12.1 Å². The van der Waals surface area contributed by atoms with E-state index < -0.39 is 5.97 Å². The van der Waals surface area contributed by atoms with Crippen LogP contribution in [0.5, 0.6) is 0 Å². The minimum absolute atomic E-state index is 0.250. The van der Waals surface area contributed by atoms with Gasteiger partial charge in [-0.3, -0.25) is 4.79 Å². The molecular formula is C26H24ClN7O3. The highest BCUT2D eigenvalue weighted by Gasteiger charge is 2.13. The summed E-state index contributed by atoms with van der Waals surface area (Å²) in [5, 5.41) is 18.0. The molecule has 0 saturated carbocycles. The third-order valence-corrected chi connectivity index (χ3v) is 5.62. The van der Waals surface area contributed by atoms with Gasteiger partial charge in [0.15, 0.2) is 0 Å². The number of aromatic nitrogens is 5. The fourth-order valence-corrected chi connectivity index (χ4v) is 3.77. The molecule has 2 heterocycles. The van der Waals surface area contributed by atoms with Gasteiger partial charge in [-0.25, -0.2) is 9.78 Å². The Kier molecular flexibility index (Phi) is 8.56. The van der Waals surface area contributed by atoms with Gasteiger partial charge in [0.25, 0.3) is 0 Å². The van der Waals surface area contributed by atoms with Crippen LogP contribution in [0.25, 0.3) is 11.8 Å². The summed E-state index contributed by atoms with van der Waals surface area (Å²) in [6.45, 7) is 0.409. The Morgan fingerprint density at radius 3 is 2.68 bits per heavy atom. The molecule has 1 atom stereocenters. The molecule has 37 heavy (non-hydrogen) atoms. The van der Waals surface area contributed by atoms with E-state index in [0.717, 1.165) is 5.56 Å². The van der Waals surface area contributed by atoms with Crippen LogP contribution in [-0.2, 0) is 16.0 Å². The number of nitrogens with zero attached hydrogens (tertiary/aromatic N) is 5. The van der Waals surface area contributed by atoms with Crippen LogP contribution >= 0.6 is 11.6 Å². The van der Waals surface area contributed by atoms with E-state index >= 15 is 0 Å². The van der Waals surface area contributed by atoms with Gasteiger partial charge in [0.2, 0.25) is 5.91 Å². The van der Waals surface area contributed by atoms with Gasteiger partial charge >= 0.3 is 5.97 Å². The first-order valence-corrected chi connectivity index (χ1v) is 11.7. The molecule has 0 fully saturated rings. The Labute approximate surface area is 218 Å². The van der Waals surface area contributed by atoms with Crippen molar-refractivity contribution in [3.8, 4) is 5.69 Å². The second-order valence-electron chi connectivity index (χ2n) is 7.99. The average molecular weight is 518 g/mol. The smallest absolute Gasteiger partial charge is 0.339 e. The Hall–Kier alpha value is -4.57. The molecule has 2 aromatic heterocycles. The van der Waals surface area contributed by atoms with Crippen molar-refractivity contribution >= 4 is 35.4 Å². The minimum atomic E-state index is -0.456. The number of ether oxygens (including phenoxy) is 1. The molecule has 0 saturated heterocycles. The van der Waals surface area contributed by atoms with Gasteiger partial charge in [0.05, 0.1) is 24.4 Å². The highest BCUT2D eigenvalue weighted by Crippen LogP contribution is 2.20. The molecule has 1 amide bonds. The largest absolute Gasteiger partial charge is 0.465 e. The standard InChI is InChI=1S/C26H24ClN7O3/c1-37-26(36)20-7-11-24(28-15-20)29-16-22(13-18-5-3-2-4-6-18)31-25(35)12-8-19-14-21(27)9-10-23(19)34-17-30-32-33-34/h2-12,14-15,17,22H,13,16H2,1H3,(H,28,29)(H,31,35). The number of hydrogen-bond donors (Lipinski definition) is 2. The quantitative estimate of drug-likeness (QED) is 0.242. The number of anilines is 1. The summed E-state index contributed by atoms with van der Waals surface area (Å²) in [6.07, 6.45) is 6.61. The number of pyridine rings is 1. The number of carbonyl (C=O) groups is 2. The van der Waals surface area contributed by atoms with Crippen molar-refractivity contribution < 1.29 is 14.3 Å². The highest BCUT2D eigenvalue weighted by molar-refractivity contribution is 6.30. The van der Waals surface area contributed by atoms with Crippen LogP contribution in [-0.4, -0.2) is 56.8 Å². The van der Waals surface area contributed by atoms with Crippen molar-refractivity contribution in [3.63, 3.8) is 0 Å². The lowest BCUT2D eigenvalue weighted by atomic mass is 10.1. The van der Waals surface area contributed by atoms with Crippen LogP contribution in [0.4, 0.5) is 5.82 Å². The Morgan fingerprint density at radius 2 is 1.97 bits per heavy atom. The first-order valence-electron chi connectivity index (χ1n) is 11.4. The zero-order chi connectivity index (χ0) is 26.0. The predicted octanol–water partition coefficient (Wildman–Crippen LogP) is 3.35. The van der Waals surface area contributed by atoms with Gasteiger partial charge in [-0.05, 0) is 58.8 Å². The van der Waals surface area contributed by atoms with E-state index in [0.29, 0.717) is 40.6 Å². The fraction of sp³-hybridized carbons (Fsp3) is 0.154. The third-order valence-electron chi connectivity index (χ3n) is 5.39. The molecule has 4 rings (SSSR count). The summed E-state index contributed by atoms with van der Waals surface area (Å²) >= 11 is 6.17. The van der Waals surface area contributed by atoms with Gasteiger partial charge < -0.3 is 15.4 Å². The van der Waals surface area contributed by atoms with Gasteiger partial charge in [-0.1, -0.05) is 41.9 Å². The molecular weight excluding hydrogens is 494 g/mol. The number of benzene rings is 2. The summed E-state index contributed by atoms with van der Waals surface area (Å²) in [4.78, 5) is 28.8. The van der Waals surface area contributed by atoms with Gasteiger partial charge in [0, 0.05) is 29.4 Å². The van der Waals surface area contributed by atoms with Crippen LogP contribution in [0.2, 0.25) is 5.02 Å². The van der Waals surface area contributed by atoms with Crippen molar-refractivity contribution in [3.05, 3.63) is 101 Å². The molecule has 1 unspecified atom stereocenters. The number of hydrogen-bond acceptors (Lipinski definition) is 8. The maximum absolute atomic E-state index is 12.9. The van der Waals surface area contributed by atoms with Crippen molar-refractivity contribution in [2.45, 2.75) is 12.5 Å². The number of esters is 1. The van der Waals surface area contributed by atoms with Crippen molar-refractivity contribution in [1.29, 1.82) is 0 Å². The van der Waals surface area contributed by atoms with E-state index in [4.69, 9.17) is 16.3 Å². The lowest BCUT2D eigenvalue weighted by molar-refractivity contribution is -0.117. The second-order valence-corrected chi connectivity index (χ2v) is 8.43. The maximum Gasteiger partial charge on any atom is 0.339 e. The third kappa shape index (κ3) is 7.21. The van der Waals surface area contributed by atoms with Crippen LogP contribution in [0.3, 0.4) is 0 Å². The van der Waals surface area contributed by atoms with E-state index in [2.05, 4.69) is 31.1 Å². The van der Waals surface area contributed by atoms with Crippen LogP contribution < -0.4 is 10.6 Å².